The largest absolute Gasteiger partial charge is 0.286 e. The van der Waals surface area contributed by atoms with Gasteiger partial charge in [-0.1, -0.05) is 24.3 Å². The van der Waals surface area contributed by atoms with E-state index in [0.29, 0.717) is 0 Å². The van der Waals surface area contributed by atoms with Crippen molar-refractivity contribution in [1.82, 2.24) is 14.6 Å². The Labute approximate surface area is 110 Å². The normalized spacial score (nSPS) is 11.4. The van der Waals surface area contributed by atoms with Crippen molar-refractivity contribution in [2.75, 3.05) is 0 Å². The Morgan fingerprint density at radius 2 is 1.68 bits per heavy atom. The van der Waals surface area contributed by atoms with Crippen molar-refractivity contribution in [2.24, 2.45) is 0 Å². The Hall–Kier alpha value is -1.77. The van der Waals surface area contributed by atoms with Crippen LogP contribution in [-0.2, 0) is 0 Å². The standard InChI is InChI=1S/C11H9N3.ClHO4/c1-8-12-13-11-6-9-4-2-3-5-10(9)7-14(8)11;2-1(3,4)5/h2-7H,1H3;(H,2,3,4,5). The average molecular weight is 284 g/mol. The first-order valence-electron chi connectivity index (χ1n) is 5.18. The molecule has 0 aliphatic carbocycles. The van der Waals surface area contributed by atoms with E-state index in [1.807, 2.05) is 23.5 Å². The zero-order chi connectivity index (χ0) is 14.0. The smallest absolute Gasteiger partial charge is 0.161 e. The first-order chi connectivity index (χ1) is 8.84. The predicted octanol–water partition coefficient (Wildman–Crippen LogP) is -1.93. The van der Waals surface area contributed by atoms with E-state index in [9.17, 15) is 0 Å². The molecule has 0 fully saturated rings. The van der Waals surface area contributed by atoms with Gasteiger partial charge in [0.2, 0.25) is 0 Å². The Morgan fingerprint density at radius 3 is 2.32 bits per heavy atom. The quantitative estimate of drug-likeness (QED) is 0.513. The number of rotatable bonds is 0. The summed E-state index contributed by atoms with van der Waals surface area (Å²) in [5.41, 5.74) is 0.904. The summed E-state index contributed by atoms with van der Waals surface area (Å²) >= 11 is 0. The van der Waals surface area contributed by atoms with E-state index in [1.54, 1.807) is 0 Å². The highest BCUT2D eigenvalue weighted by Gasteiger charge is 2.01. The van der Waals surface area contributed by atoms with E-state index in [0.717, 1.165) is 11.5 Å². The highest BCUT2D eigenvalue weighted by Crippen LogP contribution is 2.15. The molecule has 1 aromatic carbocycles. The van der Waals surface area contributed by atoms with Gasteiger partial charge in [-0.2, -0.15) is 14.0 Å². The second-order valence-electron chi connectivity index (χ2n) is 3.77. The molecule has 7 nitrogen and oxygen atoms in total. The first-order valence-corrected chi connectivity index (χ1v) is 6.44. The number of nitrogens with zero attached hydrogens (tertiary/aromatic N) is 3. The number of aryl methyl sites for hydroxylation is 1. The lowest BCUT2D eigenvalue weighted by Gasteiger charge is -2.03. The van der Waals surface area contributed by atoms with Crippen LogP contribution in [0.3, 0.4) is 0 Å². The second-order valence-corrected chi connectivity index (χ2v) is 4.57. The molecule has 0 saturated carbocycles. The molecule has 3 rings (SSSR count). The van der Waals surface area contributed by atoms with Crippen LogP contribution in [0.1, 0.15) is 5.82 Å². The molecular weight excluding hydrogens is 274 g/mol. The van der Waals surface area contributed by atoms with Gasteiger partial charge in [-0.05, 0) is 23.8 Å². The van der Waals surface area contributed by atoms with Gasteiger partial charge < -0.3 is 0 Å². The highest BCUT2D eigenvalue weighted by molar-refractivity contribution is 5.84. The van der Waals surface area contributed by atoms with Crippen LogP contribution >= 0.6 is 0 Å². The molecule has 0 bridgehead atoms. The Balaban J connectivity index is 0.000000232. The van der Waals surface area contributed by atoms with Crippen LogP contribution in [0.5, 0.6) is 0 Å². The number of hydrogen-bond acceptors (Lipinski definition) is 6. The summed E-state index contributed by atoms with van der Waals surface area (Å²) in [6.07, 6.45) is 2.07. The maximum Gasteiger partial charge on any atom is 0.161 e. The molecule has 0 saturated heterocycles. The van der Waals surface area contributed by atoms with Gasteiger partial charge in [-0.25, -0.2) is 0 Å². The molecule has 2 aromatic heterocycles. The summed E-state index contributed by atoms with van der Waals surface area (Å²) in [5.74, 6) is 0.922. The molecule has 3 aromatic rings. The Kier molecular flexibility index (Phi) is 3.65. The zero-order valence-electron chi connectivity index (χ0n) is 9.86. The van der Waals surface area contributed by atoms with Crippen LogP contribution < -0.4 is 14.0 Å². The van der Waals surface area contributed by atoms with E-state index in [-0.39, 0.29) is 0 Å². The number of pyridine rings is 1. The zero-order valence-corrected chi connectivity index (χ0v) is 10.6. The fraction of sp³-hybridized carbons (Fsp3) is 0.0909. The number of fused-ring (bicyclic) bond motifs is 2. The molecule has 0 aliphatic rings. The van der Waals surface area contributed by atoms with E-state index in [1.165, 1.54) is 10.8 Å². The molecule has 1 N–H and O–H groups in total. The minimum Gasteiger partial charge on any atom is -0.286 e. The summed E-state index contributed by atoms with van der Waals surface area (Å²) in [5, 5.41) is 10.5. The molecule has 2 heterocycles. The summed E-state index contributed by atoms with van der Waals surface area (Å²) in [7, 11) is -4.69. The van der Waals surface area contributed by atoms with Crippen LogP contribution in [0.2, 0.25) is 0 Å². The SMILES string of the molecule is Cc1nnc2cc3ccccc3cn12.[O-][Cl+3]([O-])([O-])O. The predicted molar refractivity (Wildman–Crippen MR) is 57.4 cm³/mol. The summed E-state index contributed by atoms with van der Waals surface area (Å²) in [6, 6.07) is 10.3. The average Bonchev–Trinajstić information content (AvgIpc) is 2.66. The molecule has 0 amide bonds. The molecule has 0 unspecified atom stereocenters. The van der Waals surface area contributed by atoms with Crippen molar-refractivity contribution in [3.05, 3.63) is 42.4 Å². The Bertz CT molecular complexity index is 702. The van der Waals surface area contributed by atoms with E-state index in [4.69, 9.17) is 18.6 Å². The monoisotopic (exact) mass is 283 g/mol. The van der Waals surface area contributed by atoms with Gasteiger partial charge in [0.1, 0.15) is 5.82 Å². The fourth-order valence-electron chi connectivity index (χ4n) is 1.68. The van der Waals surface area contributed by atoms with E-state index in [2.05, 4.69) is 34.6 Å². The van der Waals surface area contributed by atoms with Crippen molar-refractivity contribution in [2.45, 2.75) is 6.92 Å². The second kappa shape index (κ2) is 5.08. The maximum absolute atomic E-state index is 8.60. The fourth-order valence-corrected chi connectivity index (χ4v) is 1.68. The van der Waals surface area contributed by atoms with Gasteiger partial charge >= 0.3 is 0 Å². The molecule has 0 radical (unpaired) electrons. The molecule has 8 heteroatoms. The topological polar surface area (TPSA) is 120 Å². The summed E-state index contributed by atoms with van der Waals surface area (Å²) < 4.78 is 34.7. The Morgan fingerprint density at radius 1 is 1.11 bits per heavy atom. The molecule has 19 heavy (non-hydrogen) atoms. The van der Waals surface area contributed by atoms with E-state index < -0.39 is 10.2 Å². The van der Waals surface area contributed by atoms with Gasteiger partial charge in [-0.15, -0.1) is 10.2 Å². The third kappa shape index (κ3) is 3.60. The van der Waals surface area contributed by atoms with Crippen molar-refractivity contribution < 1.29 is 28.9 Å². The van der Waals surface area contributed by atoms with Gasteiger partial charge in [0.25, 0.3) is 0 Å². The van der Waals surface area contributed by atoms with Crippen LogP contribution in [0.25, 0.3) is 16.4 Å². The van der Waals surface area contributed by atoms with E-state index >= 15 is 0 Å². The van der Waals surface area contributed by atoms with Crippen molar-refractivity contribution >= 4 is 16.4 Å². The van der Waals surface area contributed by atoms with Gasteiger partial charge in [0.15, 0.2) is 5.65 Å². The van der Waals surface area contributed by atoms with Gasteiger partial charge in [-0.3, -0.25) is 4.40 Å². The summed E-state index contributed by atoms with van der Waals surface area (Å²) in [4.78, 5) is 0. The highest BCUT2D eigenvalue weighted by atomic mass is 35.7. The number of benzene rings is 1. The molecule has 0 atom stereocenters. The van der Waals surface area contributed by atoms with Crippen molar-refractivity contribution in [3.63, 3.8) is 0 Å². The number of aromatic nitrogens is 3. The summed E-state index contributed by atoms with van der Waals surface area (Å²) in [6.45, 7) is 1.95. The molecular formula is C11H10ClN3O4. The lowest BCUT2D eigenvalue weighted by atomic mass is 10.2. The third-order valence-corrected chi connectivity index (χ3v) is 2.44. The van der Waals surface area contributed by atoms with Crippen molar-refractivity contribution in [3.8, 4) is 0 Å². The minimum absolute atomic E-state index is 0.904. The van der Waals surface area contributed by atoms with Crippen LogP contribution in [0.4, 0.5) is 0 Å². The van der Waals surface area contributed by atoms with Gasteiger partial charge in [0, 0.05) is 6.20 Å². The maximum atomic E-state index is 8.60. The number of halogens is 1. The minimum atomic E-state index is -4.69. The van der Waals surface area contributed by atoms with Gasteiger partial charge in [0.05, 0.1) is 14.9 Å². The molecule has 100 valence electrons. The van der Waals surface area contributed by atoms with Crippen molar-refractivity contribution in [1.29, 1.82) is 0 Å². The van der Waals surface area contributed by atoms with Crippen LogP contribution in [0.15, 0.2) is 36.5 Å². The molecule has 0 aliphatic heterocycles. The third-order valence-electron chi connectivity index (χ3n) is 2.44. The van der Waals surface area contributed by atoms with Crippen LogP contribution in [0, 0.1) is 17.2 Å². The lowest BCUT2D eigenvalue weighted by molar-refractivity contribution is -1.92. The van der Waals surface area contributed by atoms with Crippen LogP contribution in [-0.4, -0.2) is 19.3 Å². The number of hydrogen-bond donors (Lipinski definition) is 1. The first kappa shape index (κ1) is 13.7. The lowest BCUT2D eigenvalue weighted by Crippen LogP contribution is -2.58. The molecule has 0 spiro atoms.